The van der Waals surface area contributed by atoms with Gasteiger partial charge in [-0.3, -0.25) is 4.79 Å². The standard InChI is InChI=1S/C14H21NO5S/c1-2-7-19-8-9-20-14(16)11-21(17,18)10-12-3-5-13(15)6-4-12/h3-6H,2,7-11,15H2,1H3. The summed E-state index contributed by atoms with van der Waals surface area (Å²) in [6.45, 7) is 2.90. The topological polar surface area (TPSA) is 95.7 Å². The molecule has 0 amide bonds. The minimum absolute atomic E-state index is 0.0657. The molecule has 7 heteroatoms. The van der Waals surface area contributed by atoms with Crippen LogP contribution in [0, 0.1) is 0 Å². The summed E-state index contributed by atoms with van der Waals surface area (Å²) in [6, 6.07) is 6.48. The van der Waals surface area contributed by atoms with Crippen LogP contribution in [0.1, 0.15) is 18.9 Å². The van der Waals surface area contributed by atoms with E-state index >= 15 is 0 Å². The highest BCUT2D eigenvalue weighted by molar-refractivity contribution is 7.91. The Kier molecular flexibility index (Phi) is 7.18. The highest BCUT2D eigenvalue weighted by Crippen LogP contribution is 2.10. The monoisotopic (exact) mass is 315 g/mol. The molecule has 0 radical (unpaired) electrons. The third-order valence-electron chi connectivity index (χ3n) is 2.54. The van der Waals surface area contributed by atoms with Crippen molar-refractivity contribution >= 4 is 21.5 Å². The molecule has 0 aromatic heterocycles. The van der Waals surface area contributed by atoms with Crippen molar-refractivity contribution < 1.29 is 22.7 Å². The van der Waals surface area contributed by atoms with Crippen molar-refractivity contribution in [2.45, 2.75) is 19.1 Å². The van der Waals surface area contributed by atoms with E-state index in [2.05, 4.69) is 0 Å². The van der Waals surface area contributed by atoms with E-state index in [1.54, 1.807) is 24.3 Å². The van der Waals surface area contributed by atoms with E-state index in [1.807, 2.05) is 6.92 Å². The number of nitrogen functional groups attached to an aromatic ring is 1. The Hall–Kier alpha value is -1.60. The van der Waals surface area contributed by atoms with Crippen LogP contribution in [0.4, 0.5) is 5.69 Å². The van der Waals surface area contributed by atoms with E-state index in [0.717, 1.165) is 6.42 Å². The Labute approximate surface area is 125 Å². The first-order chi connectivity index (χ1) is 9.93. The molecule has 0 fully saturated rings. The number of carbonyl (C=O) groups excluding carboxylic acids is 1. The van der Waals surface area contributed by atoms with Gasteiger partial charge in [0, 0.05) is 12.3 Å². The molecule has 0 aliphatic heterocycles. The molecule has 1 rings (SSSR count). The molecule has 0 atom stereocenters. The second kappa shape index (κ2) is 8.63. The van der Waals surface area contributed by atoms with Gasteiger partial charge in [-0.25, -0.2) is 8.42 Å². The molecular weight excluding hydrogens is 294 g/mol. The number of ether oxygens (including phenoxy) is 2. The van der Waals surface area contributed by atoms with Crippen molar-refractivity contribution in [2.75, 3.05) is 31.3 Å². The van der Waals surface area contributed by atoms with Gasteiger partial charge in [0.05, 0.1) is 12.4 Å². The first kappa shape index (κ1) is 17.5. The van der Waals surface area contributed by atoms with Crippen LogP contribution in [0.2, 0.25) is 0 Å². The number of nitrogens with two attached hydrogens (primary N) is 1. The van der Waals surface area contributed by atoms with Crippen molar-refractivity contribution in [1.29, 1.82) is 0 Å². The lowest BCUT2D eigenvalue weighted by Crippen LogP contribution is -2.21. The third-order valence-corrected chi connectivity index (χ3v) is 3.99. The Morgan fingerprint density at radius 2 is 1.81 bits per heavy atom. The lowest BCUT2D eigenvalue weighted by atomic mass is 10.2. The van der Waals surface area contributed by atoms with Crippen molar-refractivity contribution in [1.82, 2.24) is 0 Å². The summed E-state index contributed by atoms with van der Waals surface area (Å²) in [5, 5.41) is 0. The first-order valence-electron chi connectivity index (χ1n) is 6.71. The van der Waals surface area contributed by atoms with Gasteiger partial charge < -0.3 is 15.2 Å². The van der Waals surface area contributed by atoms with E-state index in [4.69, 9.17) is 15.2 Å². The van der Waals surface area contributed by atoms with Gasteiger partial charge in [-0.2, -0.15) is 0 Å². The molecule has 1 aromatic carbocycles. The highest BCUT2D eigenvalue weighted by Gasteiger charge is 2.18. The third kappa shape index (κ3) is 7.67. The van der Waals surface area contributed by atoms with Gasteiger partial charge in [0.15, 0.2) is 9.84 Å². The summed E-state index contributed by atoms with van der Waals surface area (Å²) in [6.07, 6.45) is 0.879. The Morgan fingerprint density at radius 1 is 1.14 bits per heavy atom. The van der Waals surface area contributed by atoms with Crippen molar-refractivity contribution in [3.8, 4) is 0 Å². The van der Waals surface area contributed by atoms with Crippen LogP contribution in [0.25, 0.3) is 0 Å². The fourth-order valence-electron chi connectivity index (χ4n) is 1.60. The first-order valence-corrected chi connectivity index (χ1v) is 8.53. The maximum Gasteiger partial charge on any atom is 0.321 e. The van der Waals surface area contributed by atoms with Crippen LogP contribution >= 0.6 is 0 Å². The summed E-state index contributed by atoms with van der Waals surface area (Å²) in [4.78, 5) is 11.5. The minimum atomic E-state index is -3.55. The zero-order valence-electron chi connectivity index (χ0n) is 12.1. The number of sulfone groups is 1. The fraction of sp³-hybridized carbons (Fsp3) is 0.500. The van der Waals surface area contributed by atoms with Gasteiger partial charge in [0.2, 0.25) is 0 Å². The Morgan fingerprint density at radius 3 is 2.43 bits per heavy atom. The van der Waals surface area contributed by atoms with Crippen LogP contribution in [-0.2, 0) is 29.9 Å². The van der Waals surface area contributed by atoms with Crippen LogP contribution in [0.3, 0.4) is 0 Å². The molecule has 0 bridgehead atoms. The number of benzene rings is 1. The van der Waals surface area contributed by atoms with Gasteiger partial charge in [-0.15, -0.1) is 0 Å². The summed E-state index contributed by atoms with van der Waals surface area (Å²) < 4.78 is 33.7. The summed E-state index contributed by atoms with van der Waals surface area (Å²) in [5.74, 6) is -1.61. The minimum Gasteiger partial charge on any atom is -0.462 e. The van der Waals surface area contributed by atoms with E-state index < -0.39 is 21.6 Å². The number of anilines is 1. The molecule has 0 heterocycles. The molecule has 118 valence electrons. The van der Waals surface area contributed by atoms with Gasteiger partial charge in [0.1, 0.15) is 12.4 Å². The van der Waals surface area contributed by atoms with E-state index in [0.29, 0.717) is 17.9 Å². The molecule has 2 N–H and O–H groups in total. The molecule has 1 aromatic rings. The normalized spacial score (nSPS) is 11.3. The van der Waals surface area contributed by atoms with Gasteiger partial charge >= 0.3 is 5.97 Å². The Bertz CT molecular complexity index is 539. The molecule has 0 spiro atoms. The molecular formula is C14H21NO5S. The summed E-state index contributed by atoms with van der Waals surface area (Å²) in [7, 11) is -3.55. The van der Waals surface area contributed by atoms with Gasteiger partial charge in [-0.05, 0) is 24.1 Å². The van der Waals surface area contributed by atoms with Crippen molar-refractivity contribution in [3.63, 3.8) is 0 Å². The molecule has 21 heavy (non-hydrogen) atoms. The van der Waals surface area contributed by atoms with E-state index in [9.17, 15) is 13.2 Å². The largest absolute Gasteiger partial charge is 0.462 e. The lowest BCUT2D eigenvalue weighted by Gasteiger charge is -2.07. The molecule has 0 aliphatic rings. The molecule has 0 unspecified atom stereocenters. The van der Waals surface area contributed by atoms with Gasteiger partial charge in [-0.1, -0.05) is 19.1 Å². The molecule has 0 saturated heterocycles. The zero-order valence-corrected chi connectivity index (χ0v) is 12.9. The number of rotatable bonds is 9. The number of esters is 1. The van der Waals surface area contributed by atoms with Crippen molar-refractivity contribution in [3.05, 3.63) is 29.8 Å². The number of carbonyl (C=O) groups is 1. The van der Waals surface area contributed by atoms with E-state index in [-0.39, 0.29) is 19.0 Å². The predicted octanol–water partition coefficient (Wildman–Crippen LogP) is 1.15. The van der Waals surface area contributed by atoms with Crippen molar-refractivity contribution in [2.24, 2.45) is 0 Å². The SMILES string of the molecule is CCCOCCOC(=O)CS(=O)(=O)Cc1ccc(N)cc1. The maximum absolute atomic E-state index is 11.9. The second-order valence-electron chi connectivity index (χ2n) is 4.61. The number of hydrogen-bond acceptors (Lipinski definition) is 6. The predicted molar refractivity (Wildman–Crippen MR) is 80.4 cm³/mol. The average molecular weight is 315 g/mol. The second-order valence-corrected chi connectivity index (χ2v) is 6.67. The van der Waals surface area contributed by atoms with E-state index in [1.165, 1.54) is 0 Å². The molecule has 6 nitrogen and oxygen atoms in total. The number of hydrogen-bond donors (Lipinski definition) is 1. The lowest BCUT2D eigenvalue weighted by molar-refractivity contribution is -0.142. The van der Waals surface area contributed by atoms with Crippen LogP contribution in [0.15, 0.2) is 24.3 Å². The van der Waals surface area contributed by atoms with Crippen LogP contribution < -0.4 is 5.73 Å². The average Bonchev–Trinajstić information content (AvgIpc) is 2.40. The maximum atomic E-state index is 11.9. The Balaban J connectivity index is 2.37. The zero-order chi connectivity index (χ0) is 15.7. The fourth-order valence-corrected chi connectivity index (χ4v) is 2.85. The summed E-state index contributed by atoms with van der Waals surface area (Å²) >= 11 is 0. The smallest absolute Gasteiger partial charge is 0.321 e. The van der Waals surface area contributed by atoms with Gasteiger partial charge in [0.25, 0.3) is 0 Å². The molecule has 0 saturated carbocycles. The quantitative estimate of drug-likeness (QED) is 0.417. The highest BCUT2D eigenvalue weighted by atomic mass is 32.2. The molecule has 0 aliphatic carbocycles. The van der Waals surface area contributed by atoms with Crippen LogP contribution in [0.5, 0.6) is 0 Å². The van der Waals surface area contributed by atoms with Crippen LogP contribution in [-0.4, -0.2) is 40.0 Å². The summed E-state index contributed by atoms with van der Waals surface area (Å²) in [5.41, 5.74) is 6.67.